The van der Waals surface area contributed by atoms with Crippen molar-refractivity contribution in [3.63, 3.8) is 0 Å². The number of pyridine rings is 1. The molecule has 4 rings (SSSR count). The number of nitrogens with zero attached hydrogens (tertiary/aromatic N) is 2. The van der Waals surface area contributed by atoms with E-state index in [4.69, 9.17) is 10.5 Å². The van der Waals surface area contributed by atoms with E-state index in [0.29, 0.717) is 6.54 Å². The zero-order valence-corrected chi connectivity index (χ0v) is 13.3. The summed E-state index contributed by atoms with van der Waals surface area (Å²) in [4.78, 5) is 6.52. The highest BCUT2D eigenvalue weighted by Crippen LogP contribution is 2.38. The third-order valence-electron chi connectivity index (χ3n) is 4.37. The Bertz CT molecular complexity index is 821. The largest absolute Gasteiger partial charge is 0.457 e. The van der Waals surface area contributed by atoms with Crippen molar-refractivity contribution in [2.24, 2.45) is 5.73 Å². The third kappa shape index (κ3) is 2.72. The molecule has 0 saturated heterocycles. The topological polar surface area (TPSA) is 51.4 Å². The summed E-state index contributed by atoms with van der Waals surface area (Å²) in [5.41, 5.74) is 9.69. The minimum absolute atomic E-state index is 0.142. The minimum atomic E-state index is 0.142. The number of nitrogens with two attached hydrogens (primary N) is 1. The second kappa shape index (κ2) is 6.34. The van der Waals surface area contributed by atoms with Crippen molar-refractivity contribution in [3.8, 4) is 11.5 Å². The first-order valence-corrected chi connectivity index (χ1v) is 8.07. The van der Waals surface area contributed by atoms with Gasteiger partial charge in [-0.1, -0.05) is 24.3 Å². The van der Waals surface area contributed by atoms with E-state index in [-0.39, 0.29) is 6.04 Å². The first-order chi connectivity index (χ1) is 11.8. The molecule has 1 aliphatic rings. The van der Waals surface area contributed by atoms with Gasteiger partial charge in [0, 0.05) is 19.3 Å². The molecule has 1 atom stereocenters. The maximum absolute atomic E-state index is 6.08. The molecule has 3 aromatic rings. The molecule has 0 spiro atoms. The van der Waals surface area contributed by atoms with Crippen LogP contribution in [-0.4, -0.2) is 11.5 Å². The van der Waals surface area contributed by atoms with Crippen LogP contribution in [-0.2, 0) is 6.54 Å². The molecule has 1 aromatic heterocycles. The van der Waals surface area contributed by atoms with E-state index >= 15 is 0 Å². The first-order valence-electron chi connectivity index (χ1n) is 8.07. The molecule has 120 valence electrons. The molecular weight excluding hydrogens is 298 g/mol. The minimum Gasteiger partial charge on any atom is -0.457 e. The zero-order valence-electron chi connectivity index (χ0n) is 13.3. The highest BCUT2D eigenvalue weighted by Gasteiger charge is 2.29. The Hall–Kier alpha value is -2.85. The molecule has 24 heavy (non-hydrogen) atoms. The molecular formula is C20H19N3O. The maximum atomic E-state index is 6.08. The van der Waals surface area contributed by atoms with Crippen molar-refractivity contribution >= 4 is 5.69 Å². The Morgan fingerprint density at radius 2 is 1.92 bits per heavy atom. The van der Waals surface area contributed by atoms with Gasteiger partial charge in [0.1, 0.15) is 11.5 Å². The average molecular weight is 317 g/mol. The predicted octanol–water partition coefficient (Wildman–Crippen LogP) is 3.89. The van der Waals surface area contributed by atoms with E-state index in [2.05, 4.69) is 28.1 Å². The fraction of sp³-hybridized carbons (Fsp3) is 0.150. The van der Waals surface area contributed by atoms with Gasteiger partial charge < -0.3 is 15.4 Å². The number of hydrogen-bond acceptors (Lipinski definition) is 4. The lowest BCUT2D eigenvalue weighted by Gasteiger charge is -2.25. The molecule has 0 saturated carbocycles. The van der Waals surface area contributed by atoms with E-state index < -0.39 is 0 Å². The molecule has 0 aliphatic carbocycles. The number of aromatic nitrogens is 1. The highest BCUT2D eigenvalue weighted by atomic mass is 16.5. The van der Waals surface area contributed by atoms with Gasteiger partial charge in [-0.2, -0.15) is 0 Å². The molecule has 1 unspecified atom stereocenters. The molecule has 2 N–H and O–H groups in total. The smallest absolute Gasteiger partial charge is 0.127 e. The van der Waals surface area contributed by atoms with Gasteiger partial charge in [-0.25, -0.2) is 0 Å². The van der Waals surface area contributed by atoms with Gasteiger partial charge in [0.2, 0.25) is 0 Å². The molecule has 0 radical (unpaired) electrons. The summed E-state index contributed by atoms with van der Waals surface area (Å²) in [5.74, 6) is 1.68. The second-order valence-corrected chi connectivity index (χ2v) is 5.87. The average Bonchev–Trinajstić information content (AvgIpc) is 3.01. The van der Waals surface area contributed by atoms with Crippen LogP contribution in [0.1, 0.15) is 17.2 Å². The molecule has 2 aromatic carbocycles. The summed E-state index contributed by atoms with van der Waals surface area (Å²) in [6.45, 7) is 1.39. The standard InChI is InChI=1S/C20H19N3O/c21-12-20-19-11-18(24-17-6-2-1-3-7-17)9-8-15(19)14-23(20)16-5-4-10-22-13-16/h1-11,13,20H,12,14,21H2. The number of anilines is 1. The Kier molecular flexibility index (Phi) is 3.89. The third-order valence-corrected chi connectivity index (χ3v) is 4.37. The second-order valence-electron chi connectivity index (χ2n) is 5.87. The first kappa shape index (κ1) is 14.7. The van der Waals surface area contributed by atoms with E-state index in [9.17, 15) is 0 Å². The Morgan fingerprint density at radius 3 is 2.67 bits per heavy atom. The summed E-state index contributed by atoms with van der Waals surface area (Å²) < 4.78 is 5.97. The lowest BCUT2D eigenvalue weighted by molar-refractivity contribution is 0.481. The van der Waals surface area contributed by atoms with E-state index in [1.54, 1.807) is 6.20 Å². The predicted molar refractivity (Wildman–Crippen MR) is 95.2 cm³/mol. The van der Waals surface area contributed by atoms with Crippen LogP contribution < -0.4 is 15.4 Å². The number of rotatable bonds is 4. The van der Waals surface area contributed by atoms with Crippen LogP contribution in [0, 0.1) is 0 Å². The van der Waals surface area contributed by atoms with Crippen LogP contribution >= 0.6 is 0 Å². The summed E-state index contributed by atoms with van der Waals surface area (Å²) in [7, 11) is 0. The quantitative estimate of drug-likeness (QED) is 0.793. The van der Waals surface area contributed by atoms with Gasteiger partial charge in [-0.3, -0.25) is 4.98 Å². The zero-order chi connectivity index (χ0) is 16.4. The normalized spacial score (nSPS) is 16.0. The Morgan fingerprint density at radius 1 is 1.04 bits per heavy atom. The van der Waals surface area contributed by atoms with Gasteiger partial charge in [0.05, 0.1) is 17.9 Å². The van der Waals surface area contributed by atoms with Gasteiger partial charge in [-0.15, -0.1) is 0 Å². The summed E-state index contributed by atoms with van der Waals surface area (Å²) >= 11 is 0. The van der Waals surface area contributed by atoms with Crippen molar-refractivity contribution in [1.29, 1.82) is 0 Å². The van der Waals surface area contributed by atoms with Crippen molar-refractivity contribution < 1.29 is 4.74 Å². The van der Waals surface area contributed by atoms with Crippen molar-refractivity contribution in [3.05, 3.63) is 84.2 Å². The molecule has 4 heteroatoms. The number of fused-ring (bicyclic) bond motifs is 1. The SMILES string of the molecule is NCC1c2cc(Oc3ccccc3)ccc2CN1c1cccnc1. The summed E-state index contributed by atoms with van der Waals surface area (Å²) in [5, 5.41) is 0. The number of ether oxygens (including phenoxy) is 1. The van der Waals surface area contributed by atoms with Crippen molar-refractivity contribution in [1.82, 2.24) is 4.98 Å². The molecule has 0 amide bonds. The molecule has 1 aliphatic heterocycles. The van der Waals surface area contributed by atoms with E-state index in [1.165, 1.54) is 11.1 Å². The van der Waals surface area contributed by atoms with Crippen LogP contribution in [0.4, 0.5) is 5.69 Å². The molecule has 0 fully saturated rings. The fourth-order valence-electron chi connectivity index (χ4n) is 3.23. The van der Waals surface area contributed by atoms with Gasteiger partial charge >= 0.3 is 0 Å². The molecule has 2 heterocycles. The van der Waals surface area contributed by atoms with Crippen molar-refractivity contribution in [2.45, 2.75) is 12.6 Å². The number of hydrogen-bond donors (Lipinski definition) is 1. The highest BCUT2D eigenvalue weighted by molar-refractivity contribution is 5.55. The maximum Gasteiger partial charge on any atom is 0.127 e. The van der Waals surface area contributed by atoms with Gasteiger partial charge in [0.15, 0.2) is 0 Å². The van der Waals surface area contributed by atoms with Crippen LogP contribution in [0.2, 0.25) is 0 Å². The van der Waals surface area contributed by atoms with Crippen LogP contribution in [0.25, 0.3) is 0 Å². The number of benzene rings is 2. The van der Waals surface area contributed by atoms with Crippen LogP contribution in [0.5, 0.6) is 11.5 Å². The van der Waals surface area contributed by atoms with E-state index in [0.717, 1.165) is 23.7 Å². The monoisotopic (exact) mass is 317 g/mol. The lowest BCUT2D eigenvalue weighted by atomic mass is 10.0. The van der Waals surface area contributed by atoms with Crippen LogP contribution in [0.3, 0.4) is 0 Å². The Labute approximate surface area is 141 Å². The van der Waals surface area contributed by atoms with Gasteiger partial charge in [0.25, 0.3) is 0 Å². The van der Waals surface area contributed by atoms with Crippen molar-refractivity contribution in [2.75, 3.05) is 11.4 Å². The van der Waals surface area contributed by atoms with E-state index in [1.807, 2.05) is 48.7 Å². The fourth-order valence-corrected chi connectivity index (χ4v) is 3.23. The molecule has 0 bridgehead atoms. The summed E-state index contributed by atoms with van der Waals surface area (Å²) in [6, 6.07) is 20.2. The number of para-hydroxylation sites is 1. The summed E-state index contributed by atoms with van der Waals surface area (Å²) in [6.07, 6.45) is 3.67. The van der Waals surface area contributed by atoms with Crippen LogP contribution in [0.15, 0.2) is 73.1 Å². The molecule has 4 nitrogen and oxygen atoms in total. The Balaban J connectivity index is 1.64. The lowest BCUT2D eigenvalue weighted by Crippen LogP contribution is -2.27. The van der Waals surface area contributed by atoms with Gasteiger partial charge in [-0.05, 0) is 47.5 Å².